The Morgan fingerprint density at radius 1 is 0.696 bits per heavy atom. The summed E-state index contributed by atoms with van der Waals surface area (Å²) in [5.41, 5.74) is 3.49. The molecule has 0 atom stereocenters. The summed E-state index contributed by atoms with van der Waals surface area (Å²) in [5.74, 6) is 6.68. The van der Waals surface area contributed by atoms with E-state index < -0.39 is 0 Å². The standard InChI is InChI=1S/C22H14Te/c1-2-7-17(8-3-1)12-13-19-16-20(22-11-6-14-23-22)15-18-9-4-5-10-21(18)19/h1-11,14-16H. The van der Waals surface area contributed by atoms with E-state index in [0.29, 0.717) is 0 Å². The van der Waals surface area contributed by atoms with Crippen LogP contribution in [0.5, 0.6) is 0 Å². The zero-order valence-corrected chi connectivity index (χ0v) is 14.8. The first-order chi connectivity index (χ1) is 11.4. The number of hydrogen-bond donors (Lipinski definition) is 0. The van der Waals surface area contributed by atoms with Crippen LogP contribution in [0.3, 0.4) is 0 Å². The molecule has 1 heterocycles. The third kappa shape index (κ3) is 3.11. The molecule has 0 aliphatic carbocycles. The first-order valence-corrected chi connectivity index (χ1v) is 10.0. The van der Waals surface area contributed by atoms with Gasteiger partial charge in [0.05, 0.1) is 0 Å². The molecule has 0 fully saturated rings. The van der Waals surface area contributed by atoms with Crippen LogP contribution in [0.1, 0.15) is 11.1 Å². The van der Waals surface area contributed by atoms with Gasteiger partial charge < -0.3 is 0 Å². The van der Waals surface area contributed by atoms with Crippen molar-refractivity contribution in [3.63, 3.8) is 0 Å². The zero-order valence-electron chi connectivity index (χ0n) is 12.5. The Bertz CT molecular complexity index is 1000. The van der Waals surface area contributed by atoms with E-state index in [4.69, 9.17) is 0 Å². The molecule has 0 aliphatic heterocycles. The molecule has 0 N–H and O–H groups in total. The Labute approximate surface area is 146 Å². The molecule has 23 heavy (non-hydrogen) atoms. The Hall–Kier alpha value is -2.25. The molecular formula is C22H14Te. The summed E-state index contributed by atoms with van der Waals surface area (Å²) in [6, 6.07) is 27.7. The summed E-state index contributed by atoms with van der Waals surface area (Å²) in [6.07, 6.45) is 0. The van der Waals surface area contributed by atoms with Crippen molar-refractivity contribution < 1.29 is 0 Å². The van der Waals surface area contributed by atoms with E-state index >= 15 is 0 Å². The second-order valence-electron chi connectivity index (χ2n) is 5.34. The van der Waals surface area contributed by atoms with Crippen LogP contribution in [-0.2, 0) is 0 Å². The van der Waals surface area contributed by atoms with E-state index in [9.17, 15) is 0 Å². The van der Waals surface area contributed by atoms with Crippen molar-refractivity contribution >= 4 is 31.2 Å². The van der Waals surface area contributed by atoms with Crippen molar-refractivity contribution in [1.82, 2.24) is 0 Å². The average molecular weight is 406 g/mol. The summed E-state index contributed by atoms with van der Waals surface area (Å²) in [4.78, 5) is 0. The van der Waals surface area contributed by atoms with E-state index in [1.54, 1.807) is 0 Å². The minimum atomic E-state index is -0.175. The summed E-state index contributed by atoms with van der Waals surface area (Å²) >= 11 is -0.175. The van der Waals surface area contributed by atoms with Gasteiger partial charge in [0.15, 0.2) is 0 Å². The Morgan fingerprint density at radius 2 is 1.52 bits per heavy atom. The fourth-order valence-corrected chi connectivity index (χ4v) is 4.70. The molecule has 0 nitrogen and oxygen atoms in total. The SMILES string of the molecule is C(#Cc1cc(-c2ccc[te]2)cc2ccccc12)c1ccccc1. The van der Waals surface area contributed by atoms with E-state index in [0.717, 1.165) is 11.1 Å². The van der Waals surface area contributed by atoms with Crippen molar-refractivity contribution in [2.24, 2.45) is 0 Å². The molecule has 4 aromatic rings. The van der Waals surface area contributed by atoms with E-state index in [-0.39, 0.29) is 20.4 Å². The second-order valence-corrected chi connectivity index (χ2v) is 8.04. The summed E-state index contributed by atoms with van der Waals surface area (Å²) in [7, 11) is 0. The molecule has 0 spiro atoms. The van der Waals surface area contributed by atoms with Gasteiger partial charge in [-0.1, -0.05) is 0 Å². The normalized spacial score (nSPS) is 10.3. The van der Waals surface area contributed by atoms with Gasteiger partial charge in [0.1, 0.15) is 0 Å². The molecule has 0 aliphatic rings. The topological polar surface area (TPSA) is 0 Å². The fraction of sp³-hybridized carbons (Fsp3) is 0. The zero-order chi connectivity index (χ0) is 15.5. The second kappa shape index (κ2) is 6.47. The average Bonchev–Trinajstić information content (AvgIpc) is 3.15. The summed E-state index contributed by atoms with van der Waals surface area (Å²) < 4.78 is 3.81. The van der Waals surface area contributed by atoms with Crippen LogP contribution in [0.4, 0.5) is 0 Å². The van der Waals surface area contributed by atoms with Gasteiger partial charge in [-0.05, 0) is 0 Å². The molecule has 3 aromatic carbocycles. The number of rotatable bonds is 1. The first kappa shape index (κ1) is 14.3. The van der Waals surface area contributed by atoms with Gasteiger partial charge in [0, 0.05) is 0 Å². The molecule has 4 rings (SSSR count). The molecule has 0 saturated heterocycles. The van der Waals surface area contributed by atoms with Crippen LogP contribution in [0, 0.1) is 11.8 Å². The number of fused-ring (bicyclic) bond motifs is 1. The van der Waals surface area contributed by atoms with Crippen molar-refractivity contribution in [1.29, 1.82) is 0 Å². The molecular weight excluding hydrogens is 392 g/mol. The van der Waals surface area contributed by atoms with Gasteiger partial charge >= 0.3 is 146 Å². The minimum absolute atomic E-state index is 0.175. The predicted molar refractivity (Wildman–Crippen MR) is 98.7 cm³/mol. The Balaban J connectivity index is 1.89. The molecule has 0 saturated carbocycles. The third-order valence-electron chi connectivity index (χ3n) is 3.78. The molecule has 0 radical (unpaired) electrons. The maximum absolute atomic E-state index is 3.38. The molecule has 1 aromatic heterocycles. The molecule has 0 amide bonds. The monoisotopic (exact) mass is 408 g/mol. The molecule has 0 unspecified atom stereocenters. The van der Waals surface area contributed by atoms with Crippen LogP contribution < -0.4 is 0 Å². The van der Waals surface area contributed by atoms with Gasteiger partial charge in [-0.15, -0.1) is 0 Å². The fourth-order valence-electron chi connectivity index (χ4n) is 2.66. The van der Waals surface area contributed by atoms with Crippen LogP contribution in [-0.4, -0.2) is 20.4 Å². The number of hydrogen-bond acceptors (Lipinski definition) is 0. The summed E-state index contributed by atoms with van der Waals surface area (Å²) in [5, 5.41) is 2.49. The molecule has 0 bridgehead atoms. The van der Waals surface area contributed by atoms with Crippen LogP contribution in [0.15, 0.2) is 82.9 Å². The van der Waals surface area contributed by atoms with Crippen LogP contribution >= 0.6 is 0 Å². The van der Waals surface area contributed by atoms with Gasteiger partial charge in [0.25, 0.3) is 0 Å². The predicted octanol–water partition coefficient (Wildman–Crippen LogP) is 4.96. The van der Waals surface area contributed by atoms with Crippen molar-refractivity contribution in [3.8, 4) is 21.0 Å². The maximum atomic E-state index is 3.38. The summed E-state index contributed by atoms with van der Waals surface area (Å²) in [6.45, 7) is 0. The van der Waals surface area contributed by atoms with Gasteiger partial charge in [-0.25, -0.2) is 0 Å². The number of benzene rings is 3. The van der Waals surface area contributed by atoms with Crippen LogP contribution in [0.2, 0.25) is 0 Å². The van der Waals surface area contributed by atoms with Gasteiger partial charge in [-0.2, -0.15) is 0 Å². The van der Waals surface area contributed by atoms with Gasteiger partial charge in [0.2, 0.25) is 0 Å². The Kier molecular flexibility index (Phi) is 4.04. The van der Waals surface area contributed by atoms with Crippen molar-refractivity contribution in [3.05, 3.63) is 94.1 Å². The van der Waals surface area contributed by atoms with Crippen molar-refractivity contribution in [2.45, 2.75) is 0 Å². The van der Waals surface area contributed by atoms with E-state index in [2.05, 4.69) is 76.6 Å². The Morgan fingerprint density at radius 3 is 2.35 bits per heavy atom. The van der Waals surface area contributed by atoms with E-state index in [1.807, 2.05) is 18.2 Å². The van der Waals surface area contributed by atoms with Crippen molar-refractivity contribution in [2.75, 3.05) is 0 Å². The first-order valence-electron chi connectivity index (χ1n) is 7.54. The third-order valence-corrected chi connectivity index (χ3v) is 6.41. The molecule has 108 valence electrons. The quantitative estimate of drug-likeness (QED) is 0.310. The van der Waals surface area contributed by atoms with E-state index in [1.165, 1.54) is 19.9 Å². The van der Waals surface area contributed by atoms with Gasteiger partial charge in [-0.3, -0.25) is 0 Å². The van der Waals surface area contributed by atoms with Crippen LogP contribution in [0.25, 0.3) is 19.9 Å². The molecule has 1 heteroatoms.